The van der Waals surface area contributed by atoms with Gasteiger partial charge in [-0.05, 0) is 49.4 Å². The van der Waals surface area contributed by atoms with Crippen LogP contribution in [0.15, 0.2) is 64.4 Å². The van der Waals surface area contributed by atoms with Gasteiger partial charge in [0.05, 0.1) is 11.9 Å². The van der Waals surface area contributed by atoms with E-state index in [1.807, 2.05) is 6.92 Å². The van der Waals surface area contributed by atoms with Gasteiger partial charge in [-0.15, -0.1) is 0 Å². The minimum atomic E-state index is -0.328. The van der Waals surface area contributed by atoms with Gasteiger partial charge in [0.25, 0.3) is 11.1 Å². The molecule has 0 saturated heterocycles. The number of hydrogen-bond acceptors (Lipinski definition) is 5. The van der Waals surface area contributed by atoms with Crippen LogP contribution in [0.5, 0.6) is 0 Å². The molecule has 0 fully saturated rings. The summed E-state index contributed by atoms with van der Waals surface area (Å²) in [5.41, 5.74) is 1.71. The number of nitrogens with zero attached hydrogens (tertiary/aromatic N) is 1. The van der Waals surface area contributed by atoms with E-state index in [4.69, 9.17) is 4.42 Å². The van der Waals surface area contributed by atoms with Crippen LogP contribution < -0.4 is 10.6 Å². The molecule has 0 aliphatic rings. The van der Waals surface area contributed by atoms with Crippen LogP contribution in [0, 0.1) is 5.82 Å². The molecule has 3 aromatic rings. The highest BCUT2D eigenvalue weighted by atomic mass is 32.2. The van der Waals surface area contributed by atoms with Gasteiger partial charge in [-0.1, -0.05) is 17.8 Å². The maximum absolute atomic E-state index is 13.0. The zero-order valence-electron chi connectivity index (χ0n) is 15.1. The third-order valence-corrected chi connectivity index (χ3v) is 4.53. The largest absolute Gasteiger partial charge is 0.431 e. The fourth-order valence-corrected chi connectivity index (χ4v) is 3.00. The molecule has 1 aromatic heterocycles. The molecule has 2 aromatic carbocycles. The number of carbonyl (C=O) groups is 2. The van der Waals surface area contributed by atoms with Crippen LogP contribution in [-0.4, -0.2) is 29.1 Å². The predicted octanol–water partition coefficient (Wildman–Crippen LogP) is 3.96. The van der Waals surface area contributed by atoms with Crippen molar-refractivity contribution in [3.05, 3.63) is 66.1 Å². The van der Waals surface area contributed by atoms with E-state index >= 15 is 0 Å². The molecule has 144 valence electrons. The average Bonchev–Trinajstić information content (AvgIpc) is 3.16. The van der Waals surface area contributed by atoms with Crippen LogP contribution in [0.1, 0.15) is 17.3 Å². The minimum absolute atomic E-state index is 0.0920. The summed E-state index contributed by atoms with van der Waals surface area (Å²) in [6.07, 6.45) is 1.53. The Morgan fingerprint density at radius 2 is 1.96 bits per heavy atom. The van der Waals surface area contributed by atoms with Crippen molar-refractivity contribution in [2.75, 3.05) is 17.6 Å². The number of halogens is 1. The zero-order chi connectivity index (χ0) is 19.9. The predicted molar refractivity (Wildman–Crippen MR) is 106 cm³/mol. The van der Waals surface area contributed by atoms with Gasteiger partial charge in [-0.25, -0.2) is 9.37 Å². The van der Waals surface area contributed by atoms with Crippen LogP contribution in [-0.2, 0) is 4.79 Å². The smallest absolute Gasteiger partial charge is 0.256 e. The summed E-state index contributed by atoms with van der Waals surface area (Å²) in [4.78, 5) is 28.1. The molecule has 2 amide bonds. The van der Waals surface area contributed by atoms with Crippen LogP contribution >= 0.6 is 11.8 Å². The molecule has 8 heteroatoms. The van der Waals surface area contributed by atoms with E-state index in [0.717, 1.165) is 11.8 Å². The van der Waals surface area contributed by atoms with Crippen LogP contribution in [0.3, 0.4) is 0 Å². The molecule has 0 aliphatic carbocycles. The van der Waals surface area contributed by atoms with Crippen molar-refractivity contribution in [1.82, 2.24) is 10.3 Å². The highest BCUT2D eigenvalue weighted by molar-refractivity contribution is 7.99. The highest BCUT2D eigenvalue weighted by Crippen LogP contribution is 2.25. The number of benzene rings is 2. The quantitative estimate of drug-likeness (QED) is 0.588. The lowest BCUT2D eigenvalue weighted by Crippen LogP contribution is -2.23. The molecular formula is C20H18FN3O3S. The number of aromatic nitrogens is 1. The molecule has 1 heterocycles. The molecule has 0 bridgehead atoms. The first-order valence-corrected chi connectivity index (χ1v) is 9.56. The van der Waals surface area contributed by atoms with Gasteiger partial charge in [0.1, 0.15) is 5.82 Å². The molecule has 2 N–H and O–H groups in total. The van der Waals surface area contributed by atoms with E-state index in [2.05, 4.69) is 15.6 Å². The minimum Gasteiger partial charge on any atom is -0.431 e. The van der Waals surface area contributed by atoms with Crippen molar-refractivity contribution >= 4 is 29.3 Å². The number of thioether (sulfide) groups is 1. The average molecular weight is 399 g/mol. The third-order valence-electron chi connectivity index (χ3n) is 3.69. The second-order valence-corrected chi connectivity index (χ2v) is 6.70. The van der Waals surface area contributed by atoms with E-state index in [1.54, 1.807) is 36.4 Å². The lowest BCUT2D eigenvalue weighted by atomic mass is 10.2. The van der Waals surface area contributed by atoms with Gasteiger partial charge < -0.3 is 15.1 Å². The first kappa shape index (κ1) is 19.6. The number of carbonyl (C=O) groups excluding carboxylic acids is 2. The molecule has 0 atom stereocenters. The molecule has 3 rings (SSSR count). The fraction of sp³-hybridized carbons (Fsp3) is 0.150. The molecular weight excluding hydrogens is 381 g/mol. The Labute approximate surface area is 165 Å². The fourth-order valence-electron chi connectivity index (χ4n) is 2.40. The first-order chi connectivity index (χ1) is 13.5. The van der Waals surface area contributed by atoms with E-state index in [0.29, 0.717) is 34.3 Å². The second kappa shape index (κ2) is 9.18. The maximum atomic E-state index is 13.0. The van der Waals surface area contributed by atoms with E-state index in [9.17, 15) is 14.0 Å². The number of hydrogen-bond donors (Lipinski definition) is 2. The van der Waals surface area contributed by atoms with E-state index < -0.39 is 0 Å². The molecule has 28 heavy (non-hydrogen) atoms. The Hall–Kier alpha value is -3.13. The van der Waals surface area contributed by atoms with Crippen molar-refractivity contribution in [3.63, 3.8) is 0 Å². The summed E-state index contributed by atoms with van der Waals surface area (Å²) < 4.78 is 18.6. The molecule has 0 saturated carbocycles. The third kappa shape index (κ3) is 5.20. The monoisotopic (exact) mass is 399 g/mol. The lowest BCUT2D eigenvalue weighted by Gasteiger charge is -2.07. The summed E-state index contributed by atoms with van der Waals surface area (Å²) in [7, 11) is 0. The lowest BCUT2D eigenvalue weighted by molar-refractivity contribution is -0.113. The summed E-state index contributed by atoms with van der Waals surface area (Å²) in [6.45, 7) is 2.37. The molecule has 0 spiro atoms. The number of rotatable bonds is 7. The van der Waals surface area contributed by atoms with Crippen molar-refractivity contribution < 1.29 is 18.4 Å². The van der Waals surface area contributed by atoms with E-state index in [1.165, 1.54) is 18.3 Å². The van der Waals surface area contributed by atoms with Crippen LogP contribution in [0.2, 0.25) is 0 Å². The summed E-state index contributed by atoms with van der Waals surface area (Å²) in [5, 5.41) is 5.79. The van der Waals surface area contributed by atoms with Gasteiger partial charge in [0, 0.05) is 23.4 Å². The standard InChI is InChI=1S/C20H18FN3O3S/c1-2-22-19(26)14-4-3-5-16(10-14)24-18(25)12-28-20-23-11-17(27-20)13-6-8-15(21)9-7-13/h3-11H,2,12H2,1H3,(H,22,26)(H,24,25). The van der Waals surface area contributed by atoms with Gasteiger partial charge in [0.2, 0.25) is 5.91 Å². The van der Waals surface area contributed by atoms with Gasteiger partial charge in [0.15, 0.2) is 5.76 Å². The Kier molecular flexibility index (Phi) is 6.44. The van der Waals surface area contributed by atoms with Crippen molar-refractivity contribution in [3.8, 4) is 11.3 Å². The van der Waals surface area contributed by atoms with Gasteiger partial charge >= 0.3 is 0 Å². The number of oxazole rings is 1. The van der Waals surface area contributed by atoms with Crippen molar-refractivity contribution in [2.24, 2.45) is 0 Å². The Balaban J connectivity index is 1.56. The number of amides is 2. The number of anilines is 1. The molecule has 0 radical (unpaired) electrons. The SMILES string of the molecule is CCNC(=O)c1cccc(NC(=O)CSc2ncc(-c3ccc(F)cc3)o2)c1. The molecule has 0 unspecified atom stereocenters. The zero-order valence-corrected chi connectivity index (χ0v) is 15.9. The molecule has 0 aliphatic heterocycles. The maximum Gasteiger partial charge on any atom is 0.256 e. The highest BCUT2D eigenvalue weighted by Gasteiger charge is 2.11. The Bertz CT molecular complexity index is 973. The topological polar surface area (TPSA) is 84.2 Å². The first-order valence-electron chi connectivity index (χ1n) is 8.58. The van der Waals surface area contributed by atoms with Gasteiger partial charge in [-0.3, -0.25) is 9.59 Å². The van der Waals surface area contributed by atoms with Gasteiger partial charge in [-0.2, -0.15) is 0 Å². The molecule has 6 nitrogen and oxygen atoms in total. The van der Waals surface area contributed by atoms with Crippen LogP contribution in [0.4, 0.5) is 10.1 Å². The Morgan fingerprint density at radius 1 is 1.18 bits per heavy atom. The Morgan fingerprint density at radius 3 is 2.71 bits per heavy atom. The summed E-state index contributed by atoms with van der Waals surface area (Å²) in [6, 6.07) is 12.6. The number of nitrogens with one attached hydrogen (secondary N) is 2. The van der Waals surface area contributed by atoms with Crippen molar-refractivity contribution in [2.45, 2.75) is 12.1 Å². The van der Waals surface area contributed by atoms with Crippen molar-refractivity contribution in [1.29, 1.82) is 0 Å². The van der Waals surface area contributed by atoms with E-state index in [-0.39, 0.29) is 23.4 Å². The second-order valence-electron chi connectivity index (χ2n) is 5.77. The summed E-state index contributed by atoms with van der Waals surface area (Å²) >= 11 is 1.14. The normalized spacial score (nSPS) is 10.5. The van der Waals surface area contributed by atoms with Crippen LogP contribution in [0.25, 0.3) is 11.3 Å². The summed E-state index contributed by atoms with van der Waals surface area (Å²) in [5.74, 6) is -0.182.